The Morgan fingerprint density at radius 2 is 1.79 bits per heavy atom. The number of aliphatic hydroxyl groups excluding tert-OH is 1. The van der Waals surface area contributed by atoms with E-state index in [1.54, 1.807) is 7.11 Å². The van der Waals surface area contributed by atoms with Crippen molar-refractivity contribution < 1.29 is 9.84 Å². The van der Waals surface area contributed by atoms with E-state index in [0.717, 1.165) is 25.3 Å². The van der Waals surface area contributed by atoms with E-state index in [-0.39, 0.29) is 6.61 Å². The summed E-state index contributed by atoms with van der Waals surface area (Å²) in [4.78, 5) is 2.51. The van der Waals surface area contributed by atoms with E-state index in [1.807, 2.05) is 0 Å². The molecule has 1 saturated heterocycles. The zero-order chi connectivity index (χ0) is 13.8. The zero-order valence-corrected chi connectivity index (χ0v) is 12.3. The van der Waals surface area contributed by atoms with Crippen LogP contribution in [0.1, 0.15) is 42.0 Å². The molecular weight excluding hydrogens is 238 g/mol. The van der Waals surface area contributed by atoms with Crippen molar-refractivity contribution in [3.63, 3.8) is 0 Å². The van der Waals surface area contributed by atoms with Crippen LogP contribution < -0.4 is 4.74 Å². The second-order valence-electron chi connectivity index (χ2n) is 5.45. The van der Waals surface area contributed by atoms with Gasteiger partial charge >= 0.3 is 0 Å². The summed E-state index contributed by atoms with van der Waals surface area (Å²) in [6.45, 7) is 6.83. The Balaban J connectivity index is 2.35. The Labute approximate surface area is 116 Å². The van der Waals surface area contributed by atoms with Gasteiger partial charge in [0.15, 0.2) is 0 Å². The summed E-state index contributed by atoms with van der Waals surface area (Å²) >= 11 is 0. The van der Waals surface area contributed by atoms with E-state index in [0.29, 0.717) is 6.04 Å². The molecule has 1 unspecified atom stereocenters. The monoisotopic (exact) mass is 263 g/mol. The van der Waals surface area contributed by atoms with Crippen molar-refractivity contribution in [2.45, 2.75) is 39.2 Å². The van der Waals surface area contributed by atoms with E-state index in [4.69, 9.17) is 4.74 Å². The minimum absolute atomic E-state index is 0.242. The SMILES string of the molecule is COc1cc(C)c(C(CCO)N2CCCC2)c(C)c1. The third-order valence-electron chi connectivity index (χ3n) is 4.12. The maximum Gasteiger partial charge on any atom is 0.119 e. The molecule has 1 aliphatic rings. The molecule has 1 aliphatic heterocycles. The lowest BCUT2D eigenvalue weighted by atomic mass is 9.93. The topological polar surface area (TPSA) is 32.7 Å². The number of ether oxygens (including phenoxy) is 1. The average molecular weight is 263 g/mol. The minimum atomic E-state index is 0.242. The second-order valence-corrected chi connectivity index (χ2v) is 5.45. The summed E-state index contributed by atoms with van der Waals surface area (Å²) in [7, 11) is 1.71. The van der Waals surface area contributed by atoms with Crippen LogP contribution >= 0.6 is 0 Å². The van der Waals surface area contributed by atoms with Gasteiger partial charge in [0.2, 0.25) is 0 Å². The Kier molecular flexibility index (Phi) is 4.83. The number of hydrogen-bond acceptors (Lipinski definition) is 3. The molecule has 2 rings (SSSR count). The summed E-state index contributed by atoms with van der Waals surface area (Å²) in [6, 6.07) is 4.55. The molecule has 1 aromatic rings. The van der Waals surface area contributed by atoms with Gasteiger partial charge in [-0.2, -0.15) is 0 Å². The predicted molar refractivity (Wildman–Crippen MR) is 77.7 cm³/mol. The van der Waals surface area contributed by atoms with Crippen molar-refractivity contribution in [1.82, 2.24) is 4.90 Å². The highest BCUT2D eigenvalue weighted by molar-refractivity contribution is 5.43. The highest BCUT2D eigenvalue weighted by atomic mass is 16.5. The Morgan fingerprint density at radius 1 is 1.21 bits per heavy atom. The molecule has 0 aromatic heterocycles. The van der Waals surface area contributed by atoms with Crippen LogP contribution in [0.4, 0.5) is 0 Å². The Hall–Kier alpha value is -1.06. The minimum Gasteiger partial charge on any atom is -0.497 e. The molecule has 0 spiro atoms. The number of nitrogens with zero attached hydrogens (tertiary/aromatic N) is 1. The molecule has 1 aromatic carbocycles. The van der Waals surface area contributed by atoms with Crippen LogP contribution in [-0.4, -0.2) is 36.8 Å². The molecule has 1 atom stereocenters. The number of aryl methyl sites for hydroxylation is 2. The smallest absolute Gasteiger partial charge is 0.119 e. The first-order chi connectivity index (χ1) is 9.17. The quantitative estimate of drug-likeness (QED) is 0.886. The van der Waals surface area contributed by atoms with Gasteiger partial charge in [-0.3, -0.25) is 4.90 Å². The largest absolute Gasteiger partial charge is 0.497 e. The number of likely N-dealkylation sites (tertiary alicyclic amines) is 1. The fraction of sp³-hybridized carbons (Fsp3) is 0.625. The van der Waals surface area contributed by atoms with Crippen LogP contribution in [0.2, 0.25) is 0 Å². The van der Waals surface area contributed by atoms with E-state index < -0.39 is 0 Å². The molecule has 0 amide bonds. The summed E-state index contributed by atoms with van der Waals surface area (Å²) in [6.07, 6.45) is 3.36. The molecule has 1 N–H and O–H groups in total. The van der Waals surface area contributed by atoms with Crippen molar-refractivity contribution >= 4 is 0 Å². The van der Waals surface area contributed by atoms with Crippen LogP contribution in [0.25, 0.3) is 0 Å². The van der Waals surface area contributed by atoms with Gasteiger partial charge in [0.05, 0.1) is 7.11 Å². The van der Waals surface area contributed by atoms with Crippen molar-refractivity contribution in [2.75, 3.05) is 26.8 Å². The van der Waals surface area contributed by atoms with Gasteiger partial charge in [0.25, 0.3) is 0 Å². The molecule has 1 heterocycles. The first-order valence-corrected chi connectivity index (χ1v) is 7.17. The van der Waals surface area contributed by atoms with E-state index in [1.165, 1.54) is 29.5 Å². The normalized spacial score (nSPS) is 17.7. The van der Waals surface area contributed by atoms with Gasteiger partial charge in [0.1, 0.15) is 5.75 Å². The lowest BCUT2D eigenvalue weighted by Gasteiger charge is -2.30. The molecule has 0 radical (unpaired) electrons. The summed E-state index contributed by atoms with van der Waals surface area (Å²) in [5.41, 5.74) is 3.90. The first-order valence-electron chi connectivity index (χ1n) is 7.17. The molecule has 106 valence electrons. The second kappa shape index (κ2) is 6.40. The highest BCUT2D eigenvalue weighted by Crippen LogP contribution is 2.34. The fourth-order valence-electron chi connectivity index (χ4n) is 3.26. The third kappa shape index (κ3) is 3.10. The predicted octanol–water partition coefficient (Wildman–Crippen LogP) is 2.83. The summed E-state index contributed by atoms with van der Waals surface area (Å²) < 4.78 is 5.33. The van der Waals surface area contributed by atoms with Gasteiger partial charge in [-0.1, -0.05) is 0 Å². The number of aliphatic hydroxyl groups is 1. The van der Waals surface area contributed by atoms with Gasteiger partial charge in [-0.25, -0.2) is 0 Å². The van der Waals surface area contributed by atoms with Crippen molar-refractivity contribution in [3.8, 4) is 5.75 Å². The standard InChI is InChI=1S/C16H25NO2/c1-12-10-14(19-3)11-13(2)16(12)15(6-9-18)17-7-4-5-8-17/h10-11,15,18H,4-9H2,1-3H3. The first kappa shape index (κ1) is 14.4. The highest BCUT2D eigenvalue weighted by Gasteiger charge is 2.25. The molecule has 1 fully saturated rings. The van der Waals surface area contributed by atoms with Crippen LogP contribution in [0.15, 0.2) is 12.1 Å². The molecule has 0 aliphatic carbocycles. The zero-order valence-electron chi connectivity index (χ0n) is 12.3. The Morgan fingerprint density at radius 3 is 2.26 bits per heavy atom. The van der Waals surface area contributed by atoms with Gasteiger partial charge in [0, 0.05) is 12.6 Å². The van der Waals surface area contributed by atoms with E-state index >= 15 is 0 Å². The number of rotatable bonds is 5. The fourth-order valence-corrected chi connectivity index (χ4v) is 3.26. The van der Waals surface area contributed by atoms with Crippen molar-refractivity contribution in [2.24, 2.45) is 0 Å². The van der Waals surface area contributed by atoms with Crippen LogP contribution in [0, 0.1) is 13.8 Å². The summed E-state index contributed by atoms with van der Waals surface area (Å²) in [5.74, 6) is 0.919. The molecule has 3 nitrogen and oxygen atoms in total. The van der Waals surface area contributed by atoms with Crippen LogP contribution in [0.5, 0.6) is 5.75 Å². The van der Waals surface area contributed by atoms with Gasteiger partial charge in [-0.15, -0.1) is 0 Å². The maximum absolute atomic E-state index is 9.39. The van der Waals surface area contributed by atoms with E-state index in [9.17, 15) is 5.11 Å². The molecule has 0 bridgehead atoms. The molecule has 3 heteroatoms. The Bertz CT molecular complexity index is 402. The number of benzene rings is 1. The molecule has 19 heavy (non-hydrogen) atoms. The van der Waals surface area contributed by atoms with Crippen molar-refractivity contribution in [3.05, 3.63) is 28.8 Å². The van der Waals surface area contributed by atoms with Crippen LogP contribution in [-0.2, 0) is 0 Å². The summed E-state index contributed by atoms with van der Waals surface area (Å²) in [5, 5.41) is 9.39. The number of hydrogen-bond donors (Lipinski definition) is 1. The van der Waals surface area contributed by atoms with Gasteiger partial charge in [-0.05, 0) is 75.0 Å². The third-order valence-corrected chi connectivity index (χ3v) is 4.12. The number of methoxy groups -OCH3 is 1. The van der Waals surface area contributed by atoms with Crippen molar-refractivity contribution in [1.29, 1.82) is 0 Å². The lowest BCUT2D eigenvalue weighted by molar-refractivity contribution is 0.184. The molecular formula is C16H25NO2. The van der Waals surface area contributed by atoms with E-state index in [2.05, 4.69) is 30.9 Å². The molecule has 0 saturated carbocycles. The average Bonchev–Trinajstić information content (AvgIpc) is 2.90. The maximum atomic E-state index is 9.39. The van der Waals surface area contributed by atoms with Gasteiger partial charge < -0.3 is 9.84 Å². The van der Waals surface area contributed by atoms with Crippen LogP contribution in [0.3, 0.4) is 0 Å². The lowest BCUT2D eigenvalue weighted by Crippen LogP contribution is -2.27.